The van der Waals surface area contributed by atoms with Crippen LogP contribution in [0.4, 0.5) is 4.39 Å². The molecule has 0 fully saturated rings. The summed E-state index contributed by atoms with van der Waals surface area (Å²) in [5.74, 6) is -0.405. The molecule has 2 N–H and O–H groups in total. The lowest BCUT2D eigenvalue weighted by molar-refractivity contribution is 0.116. The van der Waals surface area contributed by atoms with Crippen molar-refractivity contribution in [1.82, 2.24) is 0 Å². The fourth-order valence-electron chi connectivity index (χ4n) is 2.38. The number of hydrogen-bond acceptors (Lipinski definition) is 2. The Morgan fingerprint density at radius 2 is 1.67 bits per heavy atom. The molecule has 112 valence electrons. The van der Waals surface area contributed by atoms with E-state index in [1.165, 1.54) is 12.1 Å². The van der Waals surface area contributed by atoms with E-state index in [2.05, 4.69) is 0 Å². The molecule has 2 aromatic carbocycles. The van der Waals surface area contributed by atoms with Gasteiger partial charge in [-0.25, -0.2) is 4.39 Å². The van der Waals surface area contributed by atoms with Gasteiger partial charge in [-0.3, -0.25) is 0 Å². The third-order valence-electron chi connectivity index (χ3n) is 3.81. The van der Waals surface area contributed by atoms with Crippen LogP contribution in [-0.4, -0.2) is 23.4 Å². The molecule has 0 aromatic heterocycles. The Labute approximate surface area is 128 Å². The summed E-state index contributed by atoms with van der Waals surface area (Å²) in [5.41, 5.74) is 1.79. The predicted molar refractivity (Wildman–Crippen MR) is 82.1 cm³/mol. The molecule has 0 saturated carbocycles. The first kappa shape index (κ1) is 16.0. The van der Waals surface area contributed by atoms with Gasteiger partial charge >= 0.3 is 0 Å². The summed E-state index contributed by atoms with van der Waals surface area (Å²) >= 11 is 6.06. The van der Waals surface area contributed by atoms with Crippen molar-refractivity contribution < 1.29 is 14.6 Å². The zero-order valence-electron chi connectivity index (χ0n) is 11.8. The number of rotatable bonds is 5. The van der Waals surface area contributed by atoms with Crippen LogP contribution in [0.1, 0.15) is 16.7 Å². The summed E-state index contributed by atoms with van der Waals surface area (Å²) < 4.78 is 13.1. The average molecular weight is 309 g/mol. The molecular weight excluding hydrogens is 291 g/mol. The van der Waals surface area contributed by atoms with Crippen molar-refractivity contribution in [1.29, 1.82) is 0 Å². The molecule has 4 heteroatoms. The quantitative estimate of drug-likeness (QED) is 0.890. The smallest absolute Gasteiger partial charge is 0.124 e. The maximum absolute atomic E-state index is 13.1. The first-order valence-corrected chi connectivity index (χ1v) is 7.11. The lowest BCUT2D eigenvalue weighted by Crippen LogP contribution is -2.37. The molecule has 0 heterocycles. The Morgan fingerprint density at radius 3 is 2.19 bits per heavy atom. The van der Waals surface area contributed by atoms with E-state index in [1.54, 1.807) is 6.07 Å². The van der Waals surface area contributed by atoms with E-state index in [-0.39, 0.29) is 13.2 Å². The first-order chi connectivity index (χ1) is 10.0. The molecule has 2 aromatic rings. The second-order valence-corrected chi connectivity index (χ2v) is 5.78. The van der Waals surface area contributed by atoms with Crippen molar-refractivity contribution >= 4 is 11.6 Å². The predicted octanol–water partition coefficient (Wildman–Crippen LogP) is 3.25. The fourth-order valence-corrected chi connectivity index (χ4v) is 2.62. The Kier molecular flexibility index (Phi) is 4.99. The van der Waals surface area contributed by atoms with E-state index in [0.717, 1.165) is 11.1 Å². The molecule has 0 amide bonds. The van der Waals surface area contributed by atoms with Crippen LogP contribution in [0.25, 0.3) is 0 Å². The third-order valence-corrected chi connectivity index (χ3v) is 4.17. The van der Waals surface area contributed by atoms with Crippen LogP contribution in [0.15, 0.2) is 42.5 Å². The molecule has 0 saturated heterocycles. The second-order valence-electron chi connectivity index (χ2n) is 5.38. The lowest BCUT2D eigenvalue weighted by atomic mass is 9.76. The number of benzene rings is 2. The monoisotopic (exact) mass is 308 g/mol. The van der Waals surface area contributed by atoms with Crippen LogP contribution in [0, 0.1) is 12.7 Å². The summed E-state index contributed by atoms with van der Waals surface area (Å²) in [6.45, 7) is 1.53. The van der Waals surface area contributed by atoms with E-state index in [1.807, 2.05) is 31.2 Å². The minimum Gasteiger partial charge on any atom is -0.395 e. The molecular formula is C17H18ClFO2. The number of aliphatic hydroxyl groups excluding tert-OH is 2. The molecule has 0 spiro atoms. The van der Waals surface area contributed by atoms with Gasteiger partial charge in [0.05, 0.1) is 13.2 Å². The normalized spacial score (nSPS) is 11.7. The zero-order valence-corrected chi connectivity index (χ0v) is 12.6. The third kappa shape index (κ3) is 3.43. The Hall–Kier alpha value is -1.42. The molecule has 0 radical (unpaired) electrons. The summed E-state index contributed by atoms with van der Waals surface area (Å²) in [6, 6.07) is 11.8. The Balaban J connectivity index is 2.40. The minimum absolute atomic E-state index is 0.222. The van der Waals surface area contributed by atoms with Gasteiger partial charge in [0.2, 0.25) is 0 Å². The van der Waals surface area contributed by atoms with Crippen LogP contribution >= 0.6 is 11.6 Å². The van der Waals surface area contributed by atoms with Gasteiger partial charge < -0.3 is 10.2 Å². The van der Waals surface area contributed by atoms with E-state index in [0.29, 0.717) is 17.0 Å². The summed E-state index contributed by atoms with van der Waals surface area (Å²) in [4.78, 5) is 0. The van der Waals surface area contributed by atoms with E-state index in [4.69, 9.17) is 11.6 Å². The largest absolute Gasteiger partial charge is 0.395 e. The summed E-state index contributed by atoms with van der Waals surface area (Å²) in [6.07, 6.45) is 0.335. The molecule has 0 aliphatic carbocycles. The van der Waals surface area contributed by atoms with Crippen LogP contribution in [0.3, 0.4) is 0 Å². The van der Waals surface area contributed by atoms with Gasteiger partial charge in [0.25, 0.3) is 0 Å². The fraction of sp³-hybridized carbons (Fsp3) is 0.294. The van der Waals surface area contributed by atoms with Crippen molar-refractivity contribution in [3.8, 4) is 0 Å². The highest BCUT2D eigenvalue weighted by atomic mass is 35.5. The van der Waals surface area contributed by atoms with Crippen molar-refractivity contribution in [2.24, 2.45) is 0 Å². The average Bonchev–Trinajstić information content (AvgIpc) is 2.48. The van der Waals surface area contributed by atoms with Crippen LogP contribution < -0.4 is 0 Å². The van der Waals surface area contributed by atoms with Gasteiger partial charge in [0.15, 0.2) is 0 Å². The maximum Gasteiger partial charge on any atom is 0.124 e. The maximum atomic E-state index is 13.1. The van der Waals surface area contributed by atoms with E-state index >= 15 is 0 Å². The molecule has 0 aliphatic heterocycles. The molecule has 0 atom stereocenters. The standard InChI is InChI=1S/C17H18ClFO2/c1-12-2-5-14(6-3-12)17(10-20,11-21)9-13-4-7-15(19)8-16(13)18/h2-8,20-21H,9-11H2,1H3. The summed E-state index contributed by atoms with van der Waals surface area (Å²) in [7, 11) is 0. The molecule has 0 unspecified atom stereocenters. The SMILES string of the molecule is Cc1ccc(C(CO)(CO)Cc2ccc(F)cc2Cl)cc1. The molecule has 0 aliphatic rings. The van der Waals surface area contributed by atoms with Crippen molar-refractivity contribution in [3.63, 3.8) is 0 Å². The van der Waals surface area contributed by atoms with E-state index < -0.39 is 11.2 Å². The van der Waals surface area contributed by atoms with Gasteiger partial charge in [0, 0.05) is 10.4 Å². The molecule has 2 rings (SSSR count). The zero-order chi connectivity index (χ0) is 15.5. The number of hydrogen-bond donors (Lipinski definition) is 2. The number of aryl methyl sites for hydroxylation is 1. The summed E-state index contributed by atoms with van der Waals surface area (Å²) in [5, 5.41) is 20.0. The lowest BCUT2D eigenvalue weighted by Gasteiger charge is -2.31. The van der Waals surface area contributed by atoms with Crippen LogP contribution in [-0.2, 0) is 11.8 Å². The van der Waals surface area contributed by atoms with Gasteiger partial charge in [-0.05, 0) is 36.6 Å². The number of aliphatic hydroxyl groups is 2. The second kappa shape index (κ2) is 6.56. The van der Waals surface area contributed by atoms with Gasteiger partial charge in [-0.15, -0.1) is 0 Å². The highest BCUT2D eigenvalue weighted by Gasteiger charge is 2.32. The highest BCUT2D eigenvalue weighted by molar-refractivity contribution is 6.31. The van der Waals surface area contributed by atoms with Crippen LogP contribution in [0.5, 0.6) is 0 Å². The minimum atomic E-state index is -0.838. The Bertz CT molecular complexity index is 607. The van der Waals surface area contributed by atoms with E-state index in [9.17, 15) is 14.6 Å². The van der Waals surface area contributed by atoms with Gasteiger partial charge in [-0.1, -0.05) is 47.5 Å². The first-order valence-electron chi connectivity index (χ1n) is 6.73. The van der Waals surface area contributed by atoms with Gasteiger partial charge in [-0.2, -0.15) is 0 Å². The highest BCUT2D eigenvalue weighted by Crippen LogP contribution is 2.31. The van der Waals surface area contributed by atoms with Crippen molar-refractivity contribution in [2.45, 2.75) is 18.8 Å². The van der Waals surface area contributed by atoms with Crippen molar-refractivity contribution in [2.75, 3.05) is 13.2 Å². The molecule has 21 heavy (non-hydrogen) atoms. The Morgan fingerprint density at radius 1 is 1.05 bits per heavy atom. The molecule has 0 bridgehead atoms. The number of halogens is 2. The molecule has 2 nitrogen and oxygen atoms in total. The topological polar surface area (TPSA) is 40.5 Å². The van der Waals surface area contributed by atoms with Crippen LogP contribution in [0.2, 0.25) is 5.02 Å². The van der Waals surface area contributed by atoms with Crippen molar-refractivity contribution in [3.05, 3.63) is 70.0 Å². The van der Waals surface area contributed by atoms with Gasteiger partial charge in [0.1, 0.15) is 5.82 Å².